The molecule has 8 heteroatoms. The number of hydrogen-bond acceptors (Lipinski definition) is 5. The third-order valence-electron chi connectivity index (χ3n) is 6.23. The summed E-state index contributed by atoms with van der Waals surface area (Å²) >= 11 is 1.43. The van der Waals surface area contributed by atoms with E-state index in [1.807, 2.05) is 38.1 Å². The van der Waals surface area contributed by atoms with Crippen molar-refractivity contribution >= 4 is 29.5 Å². The number of nitrogens with one attached hydrogen (secondary N) is 1. The van der Waals surface area contributed by atoms with Gasteiger partial charge in [0.2, 0.25) is 11.8 Å². The number of ether oxygens (including phenoxy) is 1. The number of hydrogen-bond donors (Lipinski definition) is 2. The molecule has 7 nitrogen and oxygen atoms in total. The van der Waals surface area contributed by atoms with Gasteiger partial charge in [0, 0.05) is 10.3 Å². The van der Waals surface area contributed by atoms with Crippen molar-refractivity contribution in [3.63, 3.8) is 0 Å². The number of methoxy groups -OCH3 is 1. The first-order valence-electron chi connectivity index (χ1n) is 9.40. The summed E-state index contributed by atoms with van der Waals surface area (Å²) in [7, 11) is 1.58. The second-order valence-corrected chi connectivity index (χ2v) is 9.96. The molecule has 3 atom stereocenters. The smallest absolute Gasteiger partial charge is 0.327 e. The molecule has 2 N–H and O–H groups in total. The molecule has 0 aromatic heterocycles. The zero-order chi connectivity index (χ0) is 20.3. The average Bonchev–Trinajstić information content (AvgIpc) is 2.87. The van der Waals surface area contributed by atoms with Gasteiger partial charge >= 0.3 is 5.97 Å². The van der Waals surface area contributed by atoms with Crippen LogP contribution in [-0.4, -0.2) is 57.1 Å². The summed E-state index contributed by atoms with van der Waals surface area (Å²) in [6.07, 6.45) is 2.33. The van der Waals surface area contributed by atoms with Gasteiger partial charge in [-0.3, -0.25) is 9.59 Å². The molecule has 4 rings (SSSR count). The van der Waals surface area contributed by atoms with Crippen LogP contribution in [0.25, 0.3) is 0 Å². The maximum absolute atomic E-state index is 13.3. The van der Waals surface area contributed by atoms with Crippen LogP contribution in [0.4, 0.5) is 0 Å². The summed E-state index contributed by atoms with van der Waals surface area (Å²) in [5.74, 6) is -0.847. The number of carbonyl (C=O) groups is 3. The van der Waals surface area contributed by atoms with Crippen LogP contribution < -0.4 is 10.1 Å². The number of carboxylic acids is 1. The average molecular weight is 404 g/mol. The van der Waals surface area contributed by atoms with Gasteiger partial charge in [-0.15, -0.1) is 11.8 Å². The molecule has 2 heterocycles. The Hall–Kier alpha value is -2.22. The molecule has 3 aliphatic rings. The van der Waals surface area contributed by atoms with Crippen LogP contribution in [0.5, 0.6) is 5.75 Å². The molecule has 1 aliphatic carbocycles. The lowest BCUT2D eigenvalue weighted by Crippen LogP contribution is -2.72. The van der Waals surface area contributed by atoms with Crippen molar-refractivity contribution in [2.75, 3.05) is 7.11 Å². The Labute approximate surface area is 167 Å². The molecule has 2 aliphatic heterocycles. The van der Waals surface area contributed by atoms with E-state index in [9.17, 15) is 19.5 Å². The number of carboxylic acid groups (broad SMARTS) is 1. The van der Waals surface area contributed by atoms with Gasteiger partial charge in [-0.2, -0.15) is 0 Å². The van der Waals surface area contributed by atoms with E-state index in [-0.39, 0.29) is 17.2 Å². The minimum absolute atomic E-state index is 0.182. The van der Waals surface area contributed by atoms with Crippen molar-refractivity contribution in [3.8, 4) is 5.75 Å². The van der Waals surface area contributed by atoms with Crippen LogP contribution in [0.3, 0.4) is 0 Å². The molecule has 28 heavy (non-hydrogen) atoms. The van der Waals surface area contributed by atoms with Gasteiger partial charge in [-0.1, -0.05) is 24.6 Å². The largest absolute Gasteiger partial charge is 0.496 e. The van der Waals surface area contributed by atoms with E-state index in [1.54, 1.807) is 7.11 Å². The summed E-state index contributed by atoms with van der Waals surface area (Å²) in [5, 5.41) is 12.1. The molecule has 1 aromatic carbocycles. The molecule has 0 bridgehead atoms. The highest BCUT2D eigenvalue weighted by atomic mass is 32.2. The number of benzene rings is 1. The lowest BCUT2D eigenvalue weighted by atomic mass is 9.63. The highest BCUT2D eigenvalue weighted by molar-refractivity contribution is 8.01. The number of amides is 2. The standard InChI is InChI=1S/C20H24N2O5S/c1-19(2)14(17(24)25)22-15(23)13(16(22)28-19)21-18(26)20(9-6-10-20)11-7-4-5-8-12(11)27-3/h4-5,7-8,13-14,16H,6,9-10H2,1-3H3,(H,21,26)(H,24,25)/t13-,14-,16-/m1/s1. The highest BCUT2D eigenvalue weighted by Gasteiger charge is 2.65. The van der Waals surface area contributed by atoms with Crippen molar-refractivity contribution in [1.82, 2.24) is 10.2 Å². The van der Waals surface area contributed by atoms with Gasteiger partial charge in [0.1, 0.15) is 23.2 Å². The molecule has 0 unspecified atom stereocenters. The summed E-state index contributed by atoms with van der Waals surface area (Å²) < 4.78 is 4.85. The zero-order valence-corrected chi connectivity index (χ0v) is 16.9. The molecule has 1 aromatic rings. The maximum Gasteiger partial charge on any atom is 0.327 e. The van der Waals surface area contributed by atoms with E-state index in [0.717, 1.165) is 12.0 Å². The fourth-order valence-corrected chi connectivity index (χ4v) is 6.24. The molecule has 3 fully saturated rings. The van der Waals surface area contributed by atoms with E-state index in [0.29, 0.717) is 18.6 Å². The van der Waals surface area contributed by atoms with Crippen molar-refractivity contribution < 1.29 is 24.2 Å². The van der Waals surface area contributed by atoms with Gasteiger partial charge in [-0.05, 0) is 32.8 Å². The van der Waals surface area contributed by atoms with E-state index < -0.39 is 28.2 Å². The number of aliphatic carboxylic acids is 1. The normalized spacial score (nSPS) is 29.3. The molecule has 2 amide bonds. The van der Waals surface area contributed by atoms with Gasteiger partial charge < -0.3 is 20.1 Å². The highest BCUT2D eigenvalue weighted by Crippen LogP contribution is 2.52. The monoisotopic (exact) mass is 404 g/mol. The predicted molar refractivity (Wildman–Crippen MR) is 104 cm³/mol. The Bertz CT molecular complexity index is 851. The summed E-state index contributed by atoms with van der Waals surface area (Å²) in [6.45, 7) is 3.65. The van der Waals surface area contributed by atoms with E-state index in [1.165, 1.54) is 16.7 Å². The molecular formula is C20H24N2O5S. The summed E-state index contributed by atoms with van der Waals surface area (Å²) in [6, 6.07) is 5.92. The molecule has 0 radical (unpaired) electrons. The first-order chi connectivity index (χ1) is 13.2. The third-order valence-corrected chi connectivity index (χ3v) is 7.80. The molecule has 2 saturated heterocycles. The molecule has 0 spiro atoms. The maximum atomic E-state index is 13.3. The lowest BCUT2D eigenvalue weighted by molar-refractivity contribution is -0.161. The second kappa shape index (κ2) is 6.40. The van der Waals surface area contributed by atoms with Gasteiger partial charge in [0.25, 0.3) is 0 Å². The number of nitrogens with zero attached hydrogens (tertiary/aromatic N) is 1. The first kappa shape index (κ1) is 19.1. The van der Waals surface area contributed by atoms with Gasteiger partial charge in [-0.25, -0.2) is 4.79 Å². The second-order valence-electron chi connectivity index (χ2n) is 8.19. The number of thioether (sulfide) groups is 1. The number of fused-ring (bicyclic) bond motifs is 1. The number of β-lactam (4-membered cyclic amide) rings is 1. The van der Waals surface area contributed by atoms with Crippen molar-refractivity contribution in [2.24, 2.45) is 0 Å². The Morgan fingerprint density at radius 3 is 2.54 bits per heavy atom. The summed E-state index contributed by atoms with van der Waals surface area (Å²) in [5.41, 5.74) is 0.144. The molecular weight excluding hydrogens is 380 g/mol. The quantitative estimate of drug-likeness (QED) is 0.726. The third kappa shape index (κ3) is 2.53. The summed E-state index contributed by atoms with van der Waals surface area (Å²) in [4.78, 5) is 39.0. The Morgan fingerprint density at radius 2 is 1.96 bits per heavy atom. The van der Waals surface area contributed by atoms with E-state index >= 15 is 0 Å². The minimum Gasteiger partial charge on any atom is -0.496 e. The fraction of sp³-hybridized carbons (Fsp3) is 0.550. The van der Waals surface area contributed by atoms with Crippen molar-refractivity contribution in [1.29, 1.82) is 0 Å². The van der Waals surface area contributed by atoms with Crippen molar-refractivity contribution in [3.05, 3.63) is 29.8 Å². The van der Waals surface area contributed by atoms with Crippen LogP contribution in [0, 0.1) is 0 Å². The zero-order valence-electron chi connectivity index (χ0n) is 16.1. The number of carbonyl (C=O) groups excluding carboxylic acids is 2. The SMILES string of the molecule is COc1ccccc1C1(C(=O)N[C@@H]2C(=O)N3[C@@H]2SC(C)(C)[C@H]3C(=O)O)CCC1. The van der Waals surface area contributed by atoms with Crippen LogP contribution in [-0.2, 0) is 19.8 Å². The fourth-order valence-electron chi connectivity index (χ4n) is 4.61. The number of rotatable bonds is 5. The van der Waals surface area contributed by atoms with Crippen LogP contribution in [0.15, 0.2) is 24.3 Å². The van der Waals surface area contributed by atoms with Crippen molar-refractivity contribution in [2.45, 2.75) is 60.7 Å². The topological polar surface area (TPSA) is 95.9 Å². The first-order valence-corrected chi connectivity index (χ1v) is 10.3. The Balaban J connectivity index is 1.56. The molecule has 1 saturated carbocycles. The van der Waals surface area contributed by atoms with Crippen LogP contribution in [0.1, 0.15) is 38.7 Å². The van der Waals surface area contributed by atoms with Crippen LogP contribution in [0.2, 0.25) is 0 Å². The minimum atomic E-state index is -1.01. The lowest BCUT2D eigenvalue weighted by Gasteiger charge is -2.47. The van der Waals surface area contributed by atoms with Gasteiger partial charge in [0.05, 0.1) is 12.5 Å². The molecule has 150 valence electrons. The number of para-hydroxylation sites is 1. The van der Waals surface area contributed by atoms with Gasteiger partial charge in [0.15, 0.2) is 0 Å². The van der Waals surface area contributed by atoms with E-state index in [2.05, 4.69) is 5.32 Å². The Morgan fingerprint density at radius 1 is 1.29 bits per heavy atom. The predicted octanol–water partition coefficient (Wildman–Crippen LogP) is 1.75. The van der Waals surface area contributed by atoms with Crippen LogP contribution >= 0.6 is 11.8 Å². The Kier molecular flexibility index (Phi) is 4.37. The van der Waals surface area contributed by atoms with E-state index in [4.69, 9.17) is 4.74 Å².